The lowest BCUT2D eigenvalue weighted by molar-refractivity contribution is -0.121. The van der Waals surface area contributed by atoms with Gasteiger partial charge < -0.3 is 24.3 Å². The summed E-state index contributed by atoms with van der Waals surface area (Å²) in [5.74, 6) is 0.956. The molecule has 0 saturated carbocycles. The van der Waals surface area contributed by atoms with Crippen molar-refractivity contribution in [2.75, 3.05) is 26.3 Å². The number of amides is 2. The summed E-state index contributed by atoms with van der Waals surface area (Å²) in [5.41, 5.74) is 2.37. The Kier molecular flexibility index (Phi) is 7.17. The van der Waals surface area contributed by atoms with Crippen LogP contribution in [0.1, 0.15) is 42.1 Å². The van der Waals surface area contributed by atoms with Gasteiger partial charge in [-0.05, 0) is 38.3 Å². The van der Waals surface area contributed by atoms with Gasteiger partial charge in [0.05, 0.1) is 25.3 Å². The fourth-order valence-corrected chi connectivity index (χ4v) is 4.24. The van der Waals surface area contributed by atoms with Gasteiger partial charge in [0.1, 0.15) is 6.54 Å². The van der Waals surface area contributed by atoms with Crippen molar-refractivity contribution in [3.8, 4) is 11.5 Å². The smallest absolute Gasteiger partial charge is 0.256 e. The average Bonchev–Trinajstić information content (AvgIpc) is 3.16. The highest BCUT2D eigenvalue weighted by Crippen LogP contribution is 2.33. The van der Waals surface area contributed by atoms with Gasteiger partial charge in [-0.2, -0.15) is 0 Å². The molecule has 4 rings (SSSR count). The number of fused-ring (bicyclic) bond motifs is 2. The Morgan fingerprint density at radius 3 is 2.79 bits per heavy atom. The fraction of sp³-hybridized carbons (Fsp3) is 0.385. The molecular weight excluding hydrogens is 418 g/mol. The number of hydrogen-bond acceptors (Lipinski definition) is 4. The van der Waals surface area contributed by atoms with Crippen molar-refractivity contribution < 1.29 is 19.1 Å². The van der Waals surface area contributed by atoms with Crippen molar-refractivity contribution >= 4 is 22.7 Å². The van der Waals surface area contributed by atoms with Gasteiger partial charge in [0.15, 0.2) is 11.5 Å². The molecule has 1 aliphatic heterocycles. The zero-order chi connectivity index (χ0) is 23.2. The van der Waals surface area contributed by atoms with E-state index in [0.29, 0.717) is 36.8 Å². The van der Waals surface area contributed by atoms with Crippen molar-refractivity contribution in [2.24, 2.45) is 7.05 Å². The highest BCUT2D eigenvalue weighted by Gasteiger charge is 2.25. The molecule has 0 bridgehead atoms. The Balaban J connectivity index is 1.73. The molecule has 2 heterocycles. The molecule has 2 aromatic carbocycles. The largest absolute Gasteiger partial charge is 0.490 e. The van der Waals surface area contributed by atoms with E-state index < -0.39 is 0 Å². The molecule has 2 amide bonds. The number of benzene rings is 2. The number of rotatable bonds is 3. The summed E-state index contributed by atoms with van der Waals surface area (Å²) in [7, 11) is 1.92. The molecule has 174 valence electrons. The Hall–Kier alpha value is -3.48. The van der Waals surface area contributed by atoms with Crippen LogP contribution in [-0.2, 0) is 18.4 Å². The molecule has 0 spiro atoms. The van der Waals surface area contributed by atoms with Crippen LogP contribution in [0.25, 0.3) is 10.9 Å². The van der Waals surface area contributed by atoms with E-state index >= 15 is 0 Å². The fourth-order valence-electron chi connectivity index (χ4n) is 4.24. The van der Waals surface area contributed by atoms with Crippen LogP contribution >= 0.6 is 0 Å². The van der Waals surface area contributed by atoms with Crippen molar-refractivity contribution in [3.63, 3.8) is 0 Å². The second kappa shape index (κ2) is 10.4. The van der Waals surface area contributed by atoms with Gasteiger partial charge in [-0.25, -0.2) is 0 Å². The second-order valence-corrected chi connectivity index (χ2v) is 8.27. The van der Waals surface area contributed by atoms with E-state index in [2.05, 4.69) is 5.32 Å². The molecule has 7 heteroatoms. The molecule has 0 aliphatic carbocycles. The predicted octanol–water partition coefficient (Wildman–Crippen LogP) is 3.90. The van der Waals surface area contributed by atoms with Gasteiger partial charge in [-0.15, -0.1) is 0 Å². The number of aromatic nitrogens is 1. The summed E-state index contributed by atoms with van der Waals surface area (Å²) >= 11 is 0. The van der Waals surface area contributed by atoms with Crippen LogP contribution in [0.2, 0.25) is 0 Å². The zero-order valence-electron chi connectivity index (χ0n) is 19.3. The highest BCUT2D eigenvalue weighted by molar-refractivity contribution is 6.07. The third-order valence-corrected chi connectivity index (χ3v) is 5.86. The number of carbonyl (C=O) groups is 2. The molecule has 0 unspecified atom stereocenters. The van der Waals surface area contributed by atoms with Gasteiger partial charge in [-0.1, -0.05) is 30.3 Å². The highest BCUT2D eigenvalue weighted by atomic mass is 16.5. The SMILES string of the molecule is CCOc1cccc2c1OCCCCCNC(=O)CN(C(=O)c1cn(C)c3ccccc13)C2. The lowest BCUT2D eigenvalue weighted by Gasteiger charge is -2.24. The molecule has 1 aromatic heterocycles. The average molecular weight is 450 g/mol. The molecule has 0 fully saturated rings. The molecule has 1 N–H and O–H groups in total. The van der Waals surface area contributed by atoms with E-state index in [1.807, 2.05) is 67.2 Å². The number of carbonyl (C=O) groups excluding carboxylic acids is 2. The van der Waals surface area contributed by atoms with Crippen LogP contribution < -0.4 is 14.8 Å². The first kappa shape index (κ1) is 22.7. The molecule has 0 atom stereocenters. The lowest BCUT2D eigenvalue weighted by Crippen LogP contribution is -2.40. The van der Waals surface area contributed by atoms with Gasteiger partial charge in [0.2, 0.25) is 5.91 Å². The Morgan fingerprint density at radius 1 is 1.09 bits per heavy atom. The van der Waals surface area contributed by atoms with E-state index in [4.69, 9.17) is 9.47 Å². The monoisotopic (exact) mass is 449 g/mol. The maximum atomic E-state index is 13.7. The second-order valence-electron chi connectivity index (χ2n) is 8.27. The van der Waals surface area contributed by atoms with Crippen molar-refractivity contribution in [3.05, 3.63) is 59.8 Å². The van der Waals surface area contributed by atoms with E-state index in [1.54, 1.807) is 4.90 Å². The van der Waals surface area contributed by atoms with Crippen molar-refractivity contribution in [1.29, 1.82) is 0 Å². The van der Waals surface area contributed by atoms with Crippen molar-refractivity contribution in [1.82, 2.24) is 14.8 Å². The number of ether oxygens (including phenoxy) is 2. The summed E-state index contributed by atoms with van der Waals surface area (Å²) in [6, 6.07) is 13.5. The summed E-state index contributed by atoms with van der Waals surface area (Å²) in [6.07, 6.45) is 4.53. The van der Waals surface area contributed by atoms with Gasteiger partial charge in [0.25, 0.3) is 5.91 Å². The van der Waals surface area contributed by atoms with E-state index in [9.17, 15) is 9.59 Å². The van der Waals surface area contributed by atoms with Crippen molar-refractivity contribution in [2.45, 2.75) is 32.7 Å². The Bertz CT molecular complexity index is 1140. The zero-order valence-corrected chi connectivity index (χ0v) is 19.3. The molecule has 3 aromatic rings. The summed E-state index contributed by atoms with van der Waals surface area (Å²) < 4.78 is 13.9. The maximum Gasteiger partial charge on any atom is 0.256 e. The molecular formula is C26H31N3O4. The quantitative estimate of drug-likeness (QED) is 0.658. The lowest BCUT2D eigenvalue weighted by atomic mass is 10.1. The first-order valence-electron chi connectivity index (χ1n) is 11.6. The minimum Gasteiger partial charge on any atom is -0.490 e. The van der Waals surface area contributed by atoms with Crippen LogP contribution in [0.5, 0.6) is 11.5 Å². The van der Waals surface area contributed by atoms with E-state index in [0.717, 1.165) is 35.7 Å². The standard InChI is InChI=1S/C26H31N3O4/c1-3-32-23-13-9-10-19-16-29(18-24(30)27-14-7-4-8-15-33-25(19)23)26(31)21-17-28(2)22-12-6-5-11-20(21)22/h5-6,9-13,17H,3-4,7-8,14-16,18H2,1-2H3,(H,27,30). The molecule has 7 nitrogen and oxygen atoms in total. The van der Waals surface area contributed by atoms with Crippen LogP contribution in [-0.4, -0.2) is 47.6 Å². The third-order valence-electron chi connectivity index (χ3n) is 5.86. The summed E-state index contributed by atoms with van der Waals surface area (Å²) in [5, 5.41) is 3.82. The minimum absolute atomic E-state index is 0.0274. The van der Waals surface area contributed by atoms with E-state index in [1.165, 1.54) is 0 Å². The topological polar surface area (TPSA) is 72.8 Å². The maximum absolute atomic E-state index is 13.7. The Labute approximate surface area is 194 Å². The normalized spacial score (nSPS) is 15.5. The molecule has 33 heavy (non-hydrogen) atoms. The van der Waals surface area contributed by atoms with Gasteiger partial charge in [0, 0.05) is 36.3 Å². The molecule has 0 radical (unpaired) electrons. The molecule has 1 aliphatic rings. The predicted molar refractivity (Wildman–Crippen MR) is 128 cm³/mol. The van der Waals surface area contributed by atoms with Gasteiger partial charge >= 0.3 is 0 Å². The number of nitrogens with one attached hydrogen (secondary N) is 1. The Morgan fingerprint density at radius 2 is 1.94 bits per heavy atom. The van der Waals surface area contributed by atoms with Crippen LogP contribution in [0.4, 0.5) is 0 Å². The van der Waals surface area contributed by atoms with Crippen LogP contribution in [0, 0.1) is 0 Å². The number of aryl methyl sites for hydroxylation is 1. The first-order chi connectivity index (χ1) is 16.1. The number of nitrogens with zero attached hydrogens (tertiary/aromatic N) is 2. The number of hydrogen-bond donors (Lipinski definition) is 1. The minimum atomic E-state index is -0.190. The number of para-hydroxylation sites is 2. The first-order valence-corrected chi connectivity index (χ1v) is 11.6. The third kappa shape index (κ3) is 5.13. The van der Waals surface area contributed by atoms with E-state index in [-0.39, 0.29) is 24.9 Å². The summed E-state index contributed by atoms with van der Waals surface area (Å²) in [6.45, 7) is 3.81. The van der Waals surface area contributed by atoms with Gasteiger partial charge in [-0.3, -0.25) is 9.59 Å². The van der Waals surface area contributed by atoms with Crippen LogP contribution in [0.15, 0.2) is 48.7 Å². The van der Waals surface area contributed by atoms with Crippen LogP contribution in [0.3, 0.4) is 0 Å². The molecule has 0 saturated heterocycles. The summed E-state index contributed by atoms with van der Waals surface area (Å²) in [4.78, 5) is 28.0.